The van der Waals surface area contributed by atoms with Gasteiger partial charge in [-0.3, -0.25) is 14.9 Å². The van der Waals surface area contributed by atoms with E-state index in [9.17, 15) is 19.7 Å². The predicted molar refractivity (Wildman–Crippen MR) is 74.5 cm³/mol. The first kappa shape index (κ1) is 16.0. The molecule has 8 heteroatoms. The molecule has 0 aliphatic rings. The number of rotatable bonds is 9. The first-order valence-corrected chi connectivity index (χ1v) is 6.94. The monoisotopic (exact) mass is 298 g/mol. The van der Waals surface area contributed by atoms with Crippen molar-refractivity contribution in [3.8, 4) is 0 Å². The van der Waals surface area contributed by atoms with Crippen molar-refractivity contribution in [3.63, 3.8) is 0 Å². The molecule has 1 unspecified atom stereocenters. The van der Waals surface area contributed by atoms with Crippen LogP contribution in [-0.4, -0.2) is 34.2 Å². The molecule has 0 saturated heterocycles. The number of carboxylic acid groups (broad SMARTS) is 1. The molecule has 0 heterocycles. The summed E-state index contributed by atoms with van der Waals surface area (Å²) in [6.07, 6.45) is 0.616. The normalized spacial score (nSPS) is 11.6. The Labute approximate surface area is 119 Å². The number of aliphatic carboxylic acids is 1. The van der Waals surface area contributed by atoms with Gasteiger partial charge in [0.15, 0.2) is 0 Å². The summed E-state index contributed by atoms with van der Waals surface area (Å²) in [5, 5.41) is 21.8. The van der Waals surface area contributed by atoms with Gasteiger partial charge >= 0.3 is 5.97 Å². The van der Waals surface area contributed by atoms with Crippen LogP contribution in [0.25, 0.3) is 0 Å². The Bertz CT molecular complexity index is 494. The maximum absolute atomic E-state index is 10.8. The summed E-state index contributed by atoms with van der Waals surface area (Å²) in [6, 6.07) is 5.50. The van der Waals surface area contributed by atoms with Crippen molar-refractivity contribution >= 4 is 29.8 Å². The Kier molecular flexibility index (Phi) is 6.51. The minimum absolute atomic E-state index is 0.0563. The Morgan fingerprint density at radius 2 is 2.20 bits per heavy atom. The second-order valence-corrected chi connectivity index (χ2v) is 5.01. The van der Waals surface area contributed by atoms with Gasteiger partial charge in [-0.25, -0.2) is 4.79 Å². The highest BCUT2D eigenvalue weighted by Crippen LogP contribution is 2.23. The van der Waals surface area contributed by atoms with Gasteiger partial charge in [-0.05, 0) is 12.2 Å². The topological polar surface area (TPSA) is 110 Å². The lowest BCUT2D eigenvalue weighted by atomic mass is 10.2. The first-order chi connectivity index (χ1) is 9.56. The van der Waals surface area contributed by atoms with Crippen LogP contribution in [0.3, 0.4) is 0 Å². The van der Waals surface area contributed by atoms with E-state index < -0.39 is 16.9 Å². The molecule has 20 heavy (non-hydrogen) atoms. The predicted octanol–water partition coefficient (Wildman–Crippen LogP) is 1.42. The van der Waals surface area contributed by atoms with Crippen molar-refractivity contribution in [2.24, 2.45) is 0 Å². The number of carbonyl (C=O) groups excluding carboxylic acids is 1. The standard InChI is InChI=1S/C12H14N2O5S/c15-8-13-10(12(16)17)5-6-20-7-9-3-1-2-4-11(9)14(18)19/h1-4,8,10H,5-7H2,(H,13,15)(H,16,17). The lowest BCUT2D eigenvalue weighted by Crippen LogP contribution is -2.36. The highest BCUT2D eigenvalue weighted by atomic mass is 32.2. The first-order valence-electron chi connectivity index (χ1n) is 5.78. The Morgan fingerprint density at radius 3 is 2.80 bits per heavy atom. The van der Waals surface area contributed by atoms with E-state index in [0.717, 1.165) is 0 Å². The van der Waals surface area contributed by atoms with Crippen LogP contribution in [0.1, 0.15) is 12.0 Å². The number of amides is 1. The van der Waals surface area contributed by atoms with Crippen LogP contribution < -0.4 is 5.32 Å². The van der Waals surface area contributed by atoms with E-state index in [0.29, 0.717) is 23.5 Å². The van der Waals surface area contributed by atoms with E-state index in [1.54, 1.807) is 18.2 Å². The number of para-hydroxylation sites is 1. The number of nitro groups is 1. The number of carbonyl (C=O) groups is 2. The number of hydrogen-bond donors (Lipinski definition) is 2. The summed E-state index contributed by atoms with van der Waals surface area (Å²) in [5.74, 6) is -0.197. The molecule has 0 aliphatic carbocycles. The van der Waals surface area contributed by atoms with Crippen LogP contribution in [0.2, 0.25) is 0 Å². The van der Waals surface area contributed by atoms with Gasteiger partial charge in [0, 0.05) is 17.4 Å². The maximum Gasteiger partial charge on any atom is 0.326 e. The summed E-state index contributed by atoms with van der Waals surface area (Å²) >= 11 is 1.39. The lowest BCUT2D eigenvalue weighted by Gasteiger charge is -2.10. The van der Waals surface area contributed by atoms with Crippen molar-refractivity contribution in [1.29, 1.82) is 0 Å². The van der Waals surface area contributed by atoms with E-state index in [1.807, 2.05) is 0 Å². The third kappa shape index (κ3) is 4.88. The molecule has 1 amide bonds. The highest BCUT2D eigenvalue weighted by molar-refractivity contribution is 7.98. The number of nitrogens with zero attached hydrogens (tertiary/aromatic N) is 1. The summed E-state index contributed by atoms with van der Waals surface area (Å²) < 4.78 is 0. The lowest BCUT2D eigenvalue weighted by molar-refractivity contribution is -0.385. The summed E-state index contributed by atoms with van der Waals surface area (Å²) in [5.41, 5.74) is 0.651. The number of benzene rings is 1. The zero-order valence-corrected chi connectivity index (χ0v) is 11.3. The molecule has 1 rings (SSSR count). The zero-order chi connectivity index (χ0) is 15.0. The third-order valence-corrected chi connectivity index (χ3v) is 3.60. The van der Waals surface area contributed by atoms with E-state index in [4.69, 9.17) is 5.11 Å². The zero-order valence-electron chi connectivity index (χ0n) is 10.5. The van der Waals surface area contributed by atoms with Crippen molar-refractivity contribution in [2.45, 2.75) is 18.2 Å². The second kappa shape index (κ2) is 8.16. The van der Waals surface area contributed by atoms with E-state index in [2.05, 4.69) is 5.32 Å². The van der Waals surface area contributed by atoms with Gasteiger partial charge in [-0.15, -0.1) is 0 Å². The van der Waals surface area contributed by atoms with Gasteiger partial charge in [0.25, 0.3) is 5.69 Å². The second-order valence-electron chi connectivity index (χ2n) is 3.90. The van der Waals surface area contributed by atoms with Gasteiger partial charge in [0.05, 0.1) is 4.92 Å². The number of carboxylic acids is 1. The minimum atomic E-state index is -1.09. The molecule has 0 bridgehead atoms. The molecule has 0 aromatic heterocycles. The quantitative estimate of drug-likeness (QED) is 0.309. The smallest absolute Gasteiger partial charge is 0.326 e. The fraction of sp³-hybridized carbons (Fsp3) is 0.333. The average Bonchev–Trinajstić information content (AvgIpc) is 2.42. The van der Waals surface area contributed by atoms with E-state index >= 15 is 0 Å². The van der Waals surface area contributed by atoms with Crippen molar-refractivity contribution in [3.05, 3.63) is 39.9 Å². The van der Waals surface area contributed by atoms with Gasteiger partial charge in [-0.1, -0.05) is 18.2 Å². The molecule has 2 N–H and O–H groups in total. The van der Waals surface area contributed by atoms with Crippen LogP contribution in [-0.2, 0) is 15.3 Å². The Morgan fingerprint density at radius 1 is 1.50 bits per heavy atom. The molecule has 0 fully saturated rings. The molecule has 1 aromatic rings. The molecule has 0 aliphatic heterocycles. The largest absolute Gasteiger partial charge is 0.480 e. The number of thioether (sulfide) groups is 1. The molecule has 7 nitrogen and oxygen atoms in total. The summed E-state index contributed by atoms with van der Waals surface area (Å²) in [6.45, 7) is 0. The molecule has 1 atom stereocenters. The van der Waals surface area contributed by atoms with Crippen molar-refractivity contribution in [2.75, 3.05) is 5.75 Å². The number of nitrogens with one attached hydrogen (secondary N) is 1. The van der Waals surface area contributed by atoms with Crippen LogP contribution in [0.4, 0.5) is 5.69 Å². The van der Waals surface area contributed by atoms with E-state index in [1.165, 1.54) is 17.8 Å². The molecule has 0 spiro atoms. The SMILES string of the molecule is O=CNC(CCSCc1ccccc1[N+](=O)[O-])C(=O)O. The number of nitro benzene ring substituents is 1. The molecular weight excluding hydrogens is 284 g/mol. The Balaban J connectivity index is 2.47. The third-order valence-electron chi connectivity index (χ3n) is 2.56. The fourth-order valence-electron chi connectivity index (χ4n) is 1.55. The van der Waals surface area contributed by atoms with Crippen molar-refractivity contribution < 1.29 is 19.6 Å². The van der Waals surface area contributed by atoms with Crippen LogP contribution in [0, 0.1) is 10.1 Å². The van der Waals surface area contributed by atoms with Gasteiger partial charge in [0.1, 0.15) is 6.04 Å². The highest BCUT2D eigenvalue weighted by Gasteiger charge is 2.16. The average molecular weight is 298 g/mol. The molecular formula is C12H14N2O5S. The molecule has 108 valence electrons. The summed E-state index contributed by atoms with van der Waals surface area (Å²) in [7, 11) is 0. The maximum atomic E-state index is 10.8. The number of hydrogen-bond acceptors (Lipinski definition) is 5. The molecule has 0 radical (unpaired) electrons. The molecule has 1 aromatic carbocycles. The Hall–Kier alpha value is -2.09. The van der Waals surface area contributed by atoms with Gasteiger partial charge < -0.3 is 10.4 Å². The van der Waals surface area contributed by atoms with Crippen LogP contribution >= 0.6 is 11.8 Å². The minimum Gasteiger partial charge on any atom is -0.480 e. The van der Waals surface area contributed by atoms with Crippen LogP contribution in [0.5, 0.6) is 0 Å². The van der Waals surface area contributed by atoms with E-state index in [-0.39, 0.29) is 12.1 Å². The fourth-order valence-corrected chi connectivity index (χ4v) is 2.57. The van der Waals surface area contributed by atoms with Gasteiger partial charge in [0.2, 0.25) is 6.41 Å². The van der Waals surface area contributed by atoms with Crippen molar-refractivity contribution in [1.82, 2.24) is 5.32 Å². The summed E-state index contributed by atoms with van der Waals surface area (Å²) in [4.78, 5) is 31.4. The molecule has 0 saturated carbocycles. The van der Waals surface area contributed by atoms with Crippen LogP contribution in [0.15, 0.2) is 24.3 Å². The van der Waals surface area contributed by atoms with Gasteiger partial charge in [-0.2, -0.15) is 11.8 Å².